The monoisotopic (exact) mass is 291 g/mol. The quantitative estimate of drug-likeness (QED) is 0.694. The highest BCUT2D eigenvalue weighted by molar-refractivity contribution is 5.86. The molecule has 4 nitrogen and oxygen atoms in total. The van der Waals surface area contributed by atoms with Gasteiger partial charge in [0, 0.05) is 6.54 Å². The van der Waals surface area contributed by atoms with Crippen molar-refractivity contribution in [2.24, 2.45) is 5.73 Å². The Morgan fingerprint density at radius 2 is 1.86 bits per heavy atom. The van der Waals surface area contributed by atoms with E-state index in [1.165, 1.54) is 0 Å². The summed E-state index contributed by atoms with van der Waals surface area (Å²) in [7, 11) is 0. The number of carbonyl (C=O) groups is 1. The van der Waals surface area contributed by atoms with E-state index in [0.717, 1.165) is 38.0 Å². The van der Waals surface area contributed by atoms with E-state index in [1.54, 1.807) is 0 Å². The number of carbonyl (C=O) groups excluding carboxylic acids is 1. The molecule has 0 spiro atoms. The Bertz CT molecular complexity index is 421. The maximum atomic E-state index is 12.3. The summed E-state index contributed by atoms with van der Waals surface area (Å²) < 4.78 is 0. The molecule has 1 rings (SSSR count). The van der Waals surface area contributed by atoms with Gasteiger partial charge in [0.2, 0.25) is 5.91 Å². The molecule has 0 saturated carbocycles. The zero-order valence-corrected chi connectivity index (χ0v) is 13.6. The molecule has 1 aromatic carbocycles. The Morgan fingerprint density at radius 1 is 1.19 bits per heavy atom. The maximum absolute atomic E-state index is 12.3. The molecule has 0 saturated heterocycles. The van der Waals surface area contributed by atoms with Gasteiger partial charge in [-0.1, -0.05) is 51.1 Å². The topological polar surface area (TPSA) is 58.4 Å². The molecule has 1 atom stereocenters. The lowest BCUT2D eigenvalue weighted by Crippen LogP contribution is -2.59. The van der Waals surface area contributed by atoms with Crippen molar-refractivity contribution in [1.82, 2.24) is 10.2 Å². The molecule has 1 amide bonds. The number of hydrogen-bond acceptors (Lipinski definition) is 3. The van der Waals surface area contributed by atoms with Crippen molar-refractivity contribution in [1.29, 1.82) is 0 Å². The van der Waals surface area contributed by atoms with E-state index < -0.39 is 5.54 Å². The van der Waals surface area contributed by atoms with Crippen LogP contribution in [-0.4, -0.2) is 37.0 Å². The summed E-state index contributed by atoms with van der Waals surface area (Å²) in [5.41, 5.74) is 5.94. The molecule has 0 heterocycles. The van der Waals surface area contributed by atoms with Crippen molar-refractivity contribution in [3.05, 3.63) is 35.9 Å². The van der Waals surface area contributed by atoms with Gasteiger partial charge in [0.15, 0.2) is 0 Å². The van der Waals surface area contributed by atoms with Crippen molar-refractivity contribution in [2.45, 2.75) is 39.2 Å². The number of nitrogens with one attached hydrogen (secondary N) is 1. The van der Waals surface area contributed by atoms with E-state index in [4.69, 9.17) is 5.73 Å². The van der Waals surface area contributed by atoms with Crippen molar-refractivity contribution in [3.8, 4) is 0 Å². The van der Waals surface area contributed by atoms with Crippen LogP contribution in [0.2, 0.25) is 0 Å². The second kappa shape index (κ2) is 8.80. The highest BCUT2D eigenvalue weighted by atomic mass is 16.1. The Kier molecular flexibility index (Phi) is 7.40. The molecule has 0 fully saturated rings. The van der Waals surface area contributed by atoms with Gasteiger partial charge in [-0.25, -0.2) is 0 Å². The number of rotatable bonds is 10. The van der Waals surface area contributed by atoms with Crippen LogP contribution in [0.4, 0.5) is 0 Å². The summed E-state index contributed by atoms with van der Waals surface area (Å²) in [5, 5.41) is 3.41. The number of benzene rings is 1. The summed E-state index contributed by atoms with van der Waals surface area (Å²) in [6, 6.07) is 9.83. The number of hydrogen-bond donors (Lipinski definition) is 2. The van der Waals surface area contributed by atoms with Gasteiger partial charge in [-0.3, -0.25) is 10.1 Å². The molecular formula is C17H29N3O. The molecule has 0 aliphatic rings. The minimum atomic E-state index is -0.817. The Labute approximate surface area is 128 Å². The number of nitrogens with zero attached hydrogens (tertiary/aromatic N) is 1. The van der Waals surface area contributed by atoms with Crippen molar-refractivity contribution in [2.75, 3.05) is 26.2 Å². The maximum Gasteiger partial charge on any atom is 0.243 e. The second-order valence-electron chi connectivity index (χ2n) is 5.43. The van der Waals surface area contributed by atoms with Gasteiger partial charge in [0.05, 0.1) is 0 Å². The minimum Gasteiger partial charge on any atom is -0.368 e. The first-order valence-corrected chi connectivity index (χ1v) is 7.93. The highest BCUT2D eigenvalue weighted by Gasteiger charge is 2.39. The van der Waals surface area contributed by atoms with Gasteiger partial charge < -0.3 is 10.6 Å². The fourth-order valence-corrected chi connectivity index (χ4v) is 2.62. The Hall–Kier alpha value is -1.39. The van der Waals surface area contributed by atoms with Crippen LogP contribution in [0, 0.1) is 0 Å². The van der Waals surface area contributed by atoms with Gasteiger partial charge in [-0.15, -0.1) is 0 Å². The van der Waals surface area contributed by atoms with Crippen LogP contribution in [0.1, 0.15) is 39.2 Å². The lowest BCUT2D eigenvalue weighted by atomic mass is 9.88. The third-order valence-corrected chi connectivity index (χ3v) is 3.81. The fraction of sp³-hybridized carbons (Fsp3) is 0.588. The average molecular weight is 291 g/mol. The van der Waals surface area contributed by atoms with Gasteiger partial charge >= 0.3 is 0 Å². The smallest absolute Gasteiger partial charge is 0.243 e. The summed E-state index contributed by atoms with van der Waals surface area (Å²) in [4.78, 5) is 14.6. The number of amides is 1. The molecule has 1 unspecified atom stereocenters. The van der Waals surface area contributed by atoms with Gasteiger partial charge in [0.1, 0.15) is 5.54 Å². The van der Waals surface area contributed by atoms with Crippen LogP contribution in [0.15, 0.2) is 30.3 Å². The molecule has 0 aromatic heterocycles. The van der Waals surface area contributed by atoms with E-state index in [2.05, 4.69) is 31.0 Å². The Balaban J connectivity index is 3.15. The highest BCUT2D eigenvalue weighted by Crippen LogP contribution is 2.23. The molecule has 21 heavy (non-hydrogen) atoms. The molecule has 4 heteroatoms. The van der Waals surface area contributed by atoms with Gasteiger partial charge in [0.25, 0.3) is 0 Å². The first-order chi connectivity index (χ1) is 10.1. The number of primary amides is 1. The van der Waals surface area contributed by atoms with Crippen LogP contribution in [-0.2, 0) is 10.3 Å². The van der Waals surface area contributed by atoms with Crippen LogP contribution in [0.3, 0.4) is 0 Å². The molecule has 3 N–H and O–H groups in total. The molecule has 0 bridgehead atoms. The first kappa shape index (κ1) is 17.7. The second-order valence-corrected chi connectivity index (χ2v) is 5.43. The first-order valence-electron chi connectivity index (χ1n) is 7.93. The van der Waals surface area contributed by atoms with E-state index >= 15 is 0 Å². The summed E-state index contributed by atoms with van der Waals surface area (Å²) in [5.74, 6) is -0.309. The zero-order valence-electron chi connectivity index (χ0n) is 13.6. The van der Waals surface area contributed by atoms with E-state index in [1.807, 2.05) is 30.3 Å². The van der Waals surface area contributed by atoms with E-state index in [0.29, 0.717) is 6.54 Å². The predicted molar refractivity (Wildman–Crippen MR) is 88.0 cm³/mol. The largest absolute Gasteiger partial charge is 0.368 e. The van der Waals surface area contributed by atoms with Crippen molar-refractivity contribution in [3.63, 3.8) is 0 Å². The van der Waals surface area contributed by atoms with E-state index in [-0.39, 0.29) is 5.91 Å². The van der Waals surface area contributed by atoms with Crippen LogP contribution in [0.5, 0.6) is 0 Å². The summed E-state index contributed by atoms with van der Waals surface area (Å²) in [6.07, 6.45) is 2.02. The fourth-order valence-electron chi connectivity index (χ4n) is 2.62. The van der Waals surface area contributed by atoms with Crippen LogP contribution < -0.4 is 11.1 Å². The number of likely N-dealkylation sites (N-methyl/N-ethyl adjacent to an activating group) is 1. The Morgan fingerprint density at radius 3 is 2.33 bits per heavy atom. The lowest BCUT2D eigenvalue weighted by Gasteiger charge is -2.37. The lowest BCUT2D eigenvalue weighted by molar-refractivity contribution is -0.125. The van der Waals surface area contributed by atoms with Crippen LogP contribution in [0.25, 0.3) is 0 Å². The van der Waals surface area contributed by atoms with Gasteiger partial charge in [-0.2, -0.15) is 0 Å². The molecule has 1 aromatic rings. The van der Waals surface area contributed by atoms with Crippen LogP contribution >= 0.6 is 0 Å². The zero-order chi connectivity index (χ0) is 15.7. The summed E-state index contributed by atoms with van der Waals surface area (Å²) in [6.45, 7) is 9.60. The average Bonchev–Trinajstić information content (AvgIpc) is 2.51. The van der Waals surface area contributed by atoms with Crippen molar-refractivity contribution >= 4 is 5.91 Å². The van der Waals surface area contributed by atoms with E-state index in [9.17, 15) is 4.79 Å². The SMILES string of the molecule is CCCNC(CN(CC)CCC)(C(N)=O)c1ccccc1. The third kappa shape index (κ3) is 4.55. The molecule has 0 radical (unpaired) electrons. The molecule has 118 valence electrons. The normalized spacial score (nSPS) is 14.1. The van der Waals surface area contributed by atoms with Crippen molar-refractivity contribution < 1.29 is 4.79 Å². The molecule has 0 aliphatic heterocycles. The minimum absolute atomic E-state index is 0.309. The third-order valence-electron chi connectivity index (χ3n) is 3.81. The number of nitrogens with two attached hydrogens (primary N) is 1. The predicted octanol–water partition coefficient (Wildman–Crippen LogP) is 2.10. The molecular weight excluding hydrogens is 262 g/mol. The molecule has 0 aliphatic carbocycles. The van der Waals surface area contributed by atoms with Gasteiger partial charge in [-0.05, 0) is 38.0 Å². The summed E-state index contributed by atoms with van der Waals surface area (Å²) >= 11 is 0. The standard InChI is InChI=1S/C17H29N3O/c1-4-12-19-17(16(18)21,14-20(6-3)13-5-2)15-10-8-7-9-11-15/h7-11,19H,4-6,12-14H2,1-3H3,(H2,18,21).